The van der Waals surface area contributed by atoms with E-state index < -0.39 is 10.7 Å². The van der Waals surface area contributed by atoms with Gasteiger partial charge < -0.3 is 9.29 Å². The molecule has 0 unspecified atom stereocenters. The van der Waals surface area contributed by atoms with Crippen molar-refractivity contribution in [2.45, 2.75) is 18.6 Å². The molecule has 64 valence electrons. The van der Waals surface area contributed by atoms with Crippen LogP contribution in [0.5, 0.6) is 0 Å². The molecule has 0 radical (unpaired) electrons. The fraction of sp³-hybridized carbons (Fsp3) is 0.571. The molecule has 0 aromatic rings. The van der Waals surface area contributed by atoms with Crippen LogP contribution in [-0.4, -0.2) is 21.9 Å². The van der Waals surface area contributed by atoms with Gasteiger partial charge in [-0.05, 0) is 13.8 Å². The highest BCUT2D eigenvalue weighted by Crippen LogP contribution is 2.21. The van der Waals surface area contributed by atoms with Gasteiger partial charge in [0, 0.05) is 12.0 Å². The highest BCUT2D eigenvalue weighted by molar-refractivity contribution is 7.95. The van der Waals surface area contributed by atoms with E-state index in [0.29, 0.717) is 12.0 Å². The zero-order valence-electron chi connectivity index (χ0n) is 6.66. The van der Waals surface area contributed by atoms with Gasteiger partial charge in [-0.2, -0.15) is 0 Å². The molecule has 0 bridgehead atoms. The molecule has 0 saturated carbocycles. The Morgan fingerprint density at radius 3 is 2.73 bits per heavy atom. The number of hydrogen-bond donors (Lipinski definition) is 1. The highest BCUT2D eigenvalue weighted by atomic mass is 32.2. The predicted molar refractivity (Wildman–Crippen MR) is 45.5 cm³/mol. The monoisotopic (exact) mass is 176 g/mol. The first-order valence-electron chi connectivity index (χ1n) is 3.15. The molecule has 0 aromatic heterocycles. The zero-order chi connectivity index (χ0) is 8.91. The molecule has 4 heteroatoms. The number of rotatable bonds is 4. The number of ether oxygens (including phenoxy) is 1. The van der Waals surface area contributed by atoms with Gasteiger partial charge >= 0.3 is 5.97 Å². The molecule has 0 spiro atoms. The van der Waals surface area contributed by atoms with Gasteiger partial charge in [0.15, 0.2) is 0 Å². The smallest absolute Gasteiger partial charge is 0.324 e. The van der Waals surface area contributed by atoms with Gasteiger partial charge in [-0.15, -0.1) is 0 Å². The summed E-state index contributed by atoms with van der Waals surface area (Å²) in [5.41, 5.74) is 0. The maximum absolute atomic E-state index is 11.0. The molecule has 0 atom stereocenters. The quantitative estimate of drug-likeness (QED) is 0.402. The number of hydrogen-bond acceptors (Lipinski definition) is 4. The number of esters is 1. The van der Waals surface area contributed by atoms with Crippen molar-refractivity contribution in [3.8, 4) is 0 Å². The summed E-state index contributed by atoms with van der Waals surface area (Å²) in [4.78, 5) is 11.0. The van der Waals surface area contributed by atoms with Crippen molar-refractivity contribution in [3.05, 3.63) is 12.7 Å². The second-order valence-electron chi connectivity index (χ2n) is 2.49. The van der Waals surface area contributed by atoms with Crippen molar-refractivity contribution in [2.75, 3.05) is 6.61 Å². The Balaban J connectivity index is 3.91. The Labute approximate surface area is 70.6 Å². The third kappa shape index (κ3) is 3.43. The van der Waals surface area contributed by atoms with E-state index in [4.69, 9.17) is 9.29 Å². The predicted octanol–water partition coefficient (Wildman–Crippen LogP) is 1.70. The lowest BCUT2D eigenvalue weighted by atomic mass is 10.2. The molecule has 0 aliphatic heterocycles. The Morgan fingerprint density at radius 1 is 1.82 bits per heavy atom. The Kier molecular flexibility index (Phi) is 4.22. The largest absolute Gasteiger partial charge is 0.460 e. The summed E-state index contributed by atoms with van der Waals surface area (Å²) < 4.78 is 12.5. The van der Waals surface area contributed by atoms with Crippen LogP contribution in [0, 0.1) is 0 Å². The highest BCUT2D eigenvalue weighted by Gasteiger charge is 2.29. The van der Waals surface area contributed by atoms with Crippen LogP contribution in [0.2, 0.25) is 0 Å². The van der Waals surface area contributed by atoms with Crippen LogP contribution in [0.25, 0.3) is 0 Å². The fourth-order valence-electron chi connectivity index (χ4n) is 0.346. The molecular weight excluding hydrogens is 164 g/mol. The Morgan fingerprint density at radius 2 is 2.36 bits per heavy atom. The molecule has 0 rings (SSSR count). The summed E-state index contributed by atoms with van der Waals surface area (Å²) in [7, 11) is 0. The van der Waals surface area contributed by atoms with Crippen LogP contribution in [0.4, 0.5) is 0 Å². The van der Waals surface area contributed by atoms with E-state index in [1.165, 1.54) is 6.08 Å². The summed E-state index contributed by atoms with van der Waals surface area (Å²) in [6.07, 6.45) is 1.48. The van der Waals surface area contributed by atoms with Gasteiger partial charge in [-0.3, -0.25) is 4.79 Å². The third-order valence-electron chi connectivity index (χ3n) is 1.05. The van der Waals surface area contributed by atoms with E-state index in [0.717, 1.165) is 0 Å². The molecule has 0 amide bonds. The zero-order valence-corrected chi connectivity index (χ0v) is 7.48. The minimum absolute atomic E-state index is 0.183. The first kappa shape index (κ1) is 10.5. The molecule has 3 nitrogen and oxygen atoms in total. The van der Waals surface area contributed by atoms with Crippen molar-refractivity contribution in [2.24, 2.45) is 0 Å². The average Bonchev–Trinajstić information content (AvgIpc) is 2.00. The van der Waals surface area contributed by atoms with Crippen LogP contribution in [-0.2, 0) is 9.53 Å². The van der Waals surface area contributed by atoms with Crippen LogP contribution < -0.4 is 0 Å². The first-order valence-corrected chi connectivity index (χ1v) is 3.92. The van der Waals surface area contributed by atoms with E-state index >= 15 is 0 Å². The van der Waals surface area contributed by atoms with Crippen molar-refractivity contribution in [1.82, 2.24) is 0 Å². The fourth-order valence-corrected chi connectivity index (χ4v) is 0.479. The molecule has 0 fully saturated rings. The Bertz CT molecular complexity index is 154. The van der Waals surface area contributed by atoms with E-state index in [9.17, 15) is 4.79 Å². The molecule has 0 aliphatic carbocycles. The van der Waals surface area contributed by atoms with Gasteiger partial charge in [0.25, 0.3) is 0 Å². The van der Waals surface area contributed by atoms with Crippen molar-refractivity contribution < 1.29 is 14.1 Å². The normalized spacial score (nSPS) is 10.8. The van der Waals surface area contributed by atoms with Crippen LogP contribution >= 0.6 is 12.0 Å². The van der Waals surface area contributed by atoms with Gasteiger partial charge in [-0.25, -0.2) is 0 Å². The standard InChI is InChI=1S/C7H12O3S/c1-4-5-10-6(8)7(2,3)11-9/h4,9H,1,5H2,2-3H3. The van der Waals surface area contributed by atoms with Crippen LogP contribution in [0.1, 0.15) is 13.8 Å². The molecule has 0 saturated heterocycles. The maximum Gasteiger partial charge on any atom is 0.324 e. The summed E-state index contributed by atoms with van der Waals surface area (Å²) in [6, 6.07) is 0. The lowest BCUT2D eigenvalue weighted by molar-refractivity contribution is -0.144. The summed E-state index contributed by atoms with van der Waals surface area (Å²) in [6.45, 7) is 6.75. The molecule has 11 heavy (non-hydrogen) atoms. The van der Waals surface area contributed by atoms with Crippen LogP contribution in [0.15, 0.2) is 12.7 Å². The molecule has 0 heterocycles. The molecular formula is C7H12O3S. The topological polar surface area (TPSA) is 46.5 Å². The van der Waals surface area contributed by atoms with Gasteiger partial charge in [0.05, 0.1) is 0 Å². The summed E-state index contributed by atoms with van der Waals surface area (Å²) >= 11 is 0.477. The number of carbonyl (C=O) groups excluding carboxylic acids is 1. The molecule has 0 aliphatic rings. The first-order chi connectivity index (χ1) is 5.04. The maximum atomic E-state index is 11.0. The molecule has 0 aromatic carbocycles. The van der Waals surface area contributed by atoms with E-state index in [1.54, 1.807) is 13.8 Å². The van der Waals surface area contributed by atoms with Crippen molar-refractivity contribution in [1.29, 1.82) is 0 Å². The van der Waals surface area contributed by atoms with Gasteiger partial charge in [0.1, 0.15) is 11.4 Å². The minimum Gasteiger partial charge on any atom is -0.460 e. The van der Waals surface area contributed by atoms with Crippen molar-refractivity contribution in [3.63, 3.8) is 0 Å². The van der Waals surface area contributed by atoms with E-state index in [2.05, 4.69) is 6.58 Å². The summed E-state index contributed by atoms with van der Waals surface area (Å²) in [5, 5.41) is 0. The molecule has 1 N–H and O–H groups in total. The van der Waals surface area contributed by atoms with Crippen molar-refractivity contribution >= 4 is 18.0 Å². The van der Waals surface area contributed by atoms with E-state index in [-0.39, 0.29) is 6.61 Å². The second kappa shape index (κ2) is 4.41. The lowest BCUT2D eigenvalue weighted by Crippen LogP contribution is -2.29. The van der Waals surface area contributed by atoms with E-state index in [1.807, 2.05) is 0 Å². The Hall–Kier alpha value is -0.480. The van der Waals surface area contributed by atoms with Gasteiger partial charge in [0.2, 0.25) is 0 Å². The average molecular weight is 176 g/mol. The minimum atomic E-state index is -0.886. The second-order valence-corrected chi connectivity index (χ2v) is 3.69. The lowest BCUT2D eigenvalue weighted by Gasteiger charge is -2.16. The number of carbonyl (C=O) groups is 1. The summed E-state index contributed by atoms with van der Waals surface area (Å²) in [5.74, 6) is -0.440. The van der Waals surface area contributed by atoms with Crippen LogP contribution in [0.3, 0.4) is 0 Å². The van der Waals surface area contributed by atoms with Gasteiger partial charge in [-0.1, -0.05) is 12.7 Å². The third-order valence-corrected chi connectivity index (χ3v) is 1.68. The SMILES string of the molecule is C=CCOC(=O)C(C)(C)SO.